The Kier molecular flexibility index (Phi) is 4.46. The zero-order valence-electron chi connectivity index (χ0n) is 13.7. The summed E-state index contributed by atoms with van der Waals surface area (Å²) in [5.74, 6) is 0.856. The van der Waals surface area contributed by atoms with Crippen molar-refractivity contribution in [3.05, 3.63) is 63.5 Å². The van der Waals surface area contributed by atoms with E-state index in [9.17, 15) is 9.59 Å². The Bertz CT molecular complexity index is 919. The van der Waals surface area contributed by atoms with E-state index in [1.807, 2.05) is 26.0 Å². The molecule has 124 valence electrons. The number of aryl methyl sites for hydroxylation is 2. The third-order valence-corrected chi connectivity index (χ3v) is 4.01. The van der Waals surface area contributed by atoms with Gasteiger partial charge in [0.25, 0.3) is 11.5 Å². The summed E-state index contributed by atoms with van der Waals surface area (Å²) in [5, 5.41) is 10.6. The second-order valence-electron chi connectivity index (χ2n) is 5.49. The normalized spacial score (nSPS) is 10.9. The number of nitrogens with zero attached hydrogens (tertiary/aromatic N) is 1. The van der Waals surface area contributed by atoms with Crippen molar-refractivity contribution in [1.29, 1.82) is 0 Å². The molecular weight excluding hydrogens is 306 g/mol. The SMILES string of the molecule is CCc1cc(C(=O)NCc2n[nH]c(=O)c3ccccc23)oc1CC. The lowest BCUT2D eigenvalue weighted by atomic mass is 10.1. The van der Waals surface area contributed by atoms with Gasteiger partial charge in [0.05, 0.1) is 17.6 Å². The number of rotatable bonds is 5. The average molecular weight is 325 g/mol. The number of carbonyl (C=O) groups excluding carboxylic acids is 1. The van der Waals surface area contributed by atoms with E-state index in [4.69, 9.17) is 4.42 Å². The summed E-state index contributed by atoms with van der Waals surface area (Å²) in [4.78, 5) is 24.1. The molecule has 3 aromatic rings. The van der Waals surface area contributed by atoms with E-state index in [-0.39, 0.29) is 18.0 Å². The number of hydrogen-bond donors (Lipinski definition) is 2. The second-order valence-corrected chi connectivity index (χ2v) is 5.49. The molecule has 2 N–H and O–H groups in total. The number of nitrogens with one attached hydrogen (secondary N) is 2. The van der Waals surface area contributed by atoms with E-state index < -0.39 is 0 Å². The molecule has 2 aromatic heterocycles. The van der Waals surface area contributed by atoms with Gasteiger partial charge in [-0.15, -0.1) is 0 Å². The minimum absolute atomic E-state index is 0.208. The molecule has 1 amide bonds. The highest BCUT2D eigenvalue weighted by atomic mass is 16.4. The van der Waals surface area contributed by atoms with Gasteiger partial charge in [-0.05, 0) is 24.1 Å². The number of benzene rings is 1. The third-order valence-electron chi connectivity index (χ3n) is 4.01. The van der Waals surface area contributed by atoms with Crippen molar-refractivity contribution in [3.63, 3.8) is 0 Å². The molecule has 0 saturated carbocycles. The van der Waals surface area contributed by atoms with Crippen LogP contribution in [0.4, 0.5) is 0 Å². The van der Waals surface area contributed by atoms with Crippen molar-refractivity contribution in [3.8, 4) is 0 Å². The van der Waals surface area contributed by atoms with Crippen LogP contribution in [-0.2, 0) is 19.4 Å². The van der Waals surface area contributed by atoms with Gasteiger partial charge in [0.15, 0.2) is 5.76 Å². The fraction of sp³-hybridized carbons (Fsp3) is 0.278. The highest BCUT2D eigenvalue weighted by molar-refractivity contribution is 5.92. The van der Waals surface area contributed by atoms with E-state index in [1.165, 1.54) is 0 Å². The van der Waals surface area contributed by atoms with Crippen molar-refractivity contribution < 1.29 is 9.21 Å². The highest BCUT2D eigenvalue weighted by Crippen LogP contribution is 2.17. The first kappa shape index (κ1) is 16.0. The van der Waals surface area contributed by atoms with Gasteiger partial charge < -0.3 is 9.73 Å². The van der Waals surface area contributed by atoms with E-state index in [2.05, 4.69) is 15.5 Å². The summed E-state index contributed by atoms with van der Waals surface area (Å²) in [6.45, 7) is 4.23. The maximum absolute atomic E-state index is 12.3. The van der Waals surface area contributed by atoms with E-state index in [0.29, 0.717) is 16.8 Å². The quantitative estimate of drug-likeness (QED) is 0.754. The number of carbonyl (C=O) groups is 1. The van der Waals surface area contributed by atoms with Crippen LogP contribution >= 0.6 is 0 Å². The van der Waals surface area contributed by atoms with Crippen LogP contribution in [0.15, 0.2) is 39.5 Å². The predicted octanol–water partition coefficient (Wildman–Crippen LogP) is 2.57. The summed E-state index contributed by atoms with van der Waals surface area (Å²) >= 11 is 0. The van der Waals surface area contributed by atoms with Crippen LogP contribution in [0.25, 0.3) is 10.8 Å². The maximum Gasteiger partial charge on any atom is 0.287 e. The summed E-state index contributed by atoms with van der Waals surface area (Å²) in [6.07, 6.45) is 1.58. The van der Waals surface area contributed by atoms with E-state index in [0.717, 1.165) is 29.6 Å². The first-order valence-corrected chi connectivity index (χ1v) is 8.00. The van der Waals surface area contributed by atoms with Gasteiger partial charge in [0.2, 0.25) is 0 Å². The molecule has 0 aliphatic rings. The zero-order chi connectivity index (χ0) is 17.1. The molecule has 0 radical (unpaired) electrons. The standard InChI is InChI=1S/C18H19N3O3/c1-3-11-9-16(24-15(11)4-2)18(23)19-10-14-12-7-5-6-8-13(12)17(22)21-20-14/h5-9H,3-4,10H2,1-2H3,(H,19,23)(H,21,22). The zero-order valence-corrected chi connectivity index (χ0v) is 13.7. The average Bonchev–Trinajstić information content (AvgIpc) is 3.05. The first-order valence-electron chi connectivity index (χ1n) is 8.00. The fourth-order valence-corrected chi connectivity index (χ4v) is 2.73. The monoisotopic (exact) mass is 325 g/mol. The lowest BCUT2D eigenvalue weighted by Gasteiger charge is -2.05. The van der Waals surface area contributed by atoms with Crippen LogP contribution in [0, 0.1) is 0 Å². The van der Waals surface area contributed by atoms with Gasteiger partial charge in [-0.25, -0.2) is 5.10 Å². The second kappa shape index (κ2) is 6.70. The Hall–Kier alpha value is -2.89. The summed E-state index contributed by atoms with van der Waals surface area (Å²) in [5.41, 5.74) is 1.42. The number of hydrogen-bond acceptors (Lipinski definition) is 4. The van der Waals surface area contributed by atoms with Gasteiger partial charge in [-0.1, -0.05) is 32.0 Å². The van der Waals surface area contributed by atoms with Gasteiger partial charge in [-0.2, -0.15) is 5.10 Å². The molecule has 6 nitrogen and oxygen atoms in total. The fourth-order valence-electron chi connectivity index (χ4n) is 2.73. The Labute approximate surface area is 138 Å². The van der Waals surface area contributed by atoms with Crippen molar-refractivity contribution in [2.75, 3.05) is 0 Å². The number of fused-ring (bicyclic) bond motifs is 1. The van der Waals surface area contributed by atoms with E-state index >= 15 is 0 Å². The molecule has 1 aromatic carbocycles. The first-order chi connectivity index (χ1) is 11.6. The molecule has 0 saturated heterocycles. The number of aromatic amines is 1. The number of furan rings is 1. The molecule has 2 heterocycles. The number of amides is 1. The van der Waals surface area contributed by atoms with Gasteiger partial charge in [-0.3, -0.25) is 9.59 Å². The van der Waals surface area contributed by atoms with Gasteiger partial charge in [0, 0.05) is 11.8 Å². The van der Waals surface area contributed by atoms with Gasteiger partial charge in [0.1, 0.15) is 5.76 Å². The Morgan fingerprint density at radius 3 is 2.62 bits per heavy atom. The molecule has 0 aliphatic carbocycles. The summed E-state index contributed by atoms with van der Waals surface area (Å²) in [7, 11) is 0. The van der Waals surface area contributed by atoms with Gasteiger partial charge >= 0.3 is 0 Å². The van der Waals surface area contributed by atoms with Crippen LogP contribution in [0.3, 0.4) is 0 Å². The molecule has 0 aliphatic heterocycles. The predicted molar refractivity (Wildman–Crippen MR) is 91.0 cm³/mol. The van der Waals surface area contributed by atoms with Crippen molar-refractivity contribution in [2.45, 2.75) is 33.2 Å². The Morgan fingerprint density at radius 2 is 1.96 bits per heavy atom. The molecular formula is C18H19N3O3. The largest absolute Gasteiger partial charge is 0.456 e. The topological polar surface area (TPSA) is 88.0 Å². The Morgan fingerprint density at radius 1 is 1.21 bits per heavy atom. The van der Waals surface area contributed by atoms with Crippen LogP contribution in [0.5, 0.6) is 0 Å². The summed E-state index contributed by atoms with van der Waals surface area (Å²) < 4.78 is 5.62. The van der Waals surface area contributed by atoms with Crippen LogP contribution in [0.2, 0.25) is 0 Å². The van der Waals surface area contributed by atoms with Crippen LogP contribution in [0.1, 0.15) is 41.4 Å². The van der Waals surface area contributed by atoms with Crippen molar-refractivity contribution in [2.24, 2.45) is 0 Å². The van der Waals surface area contributed by atoms with Crippen molar-refractivity contribution >= 4 is 16.7 Å². The number of aromatic nitrogens is 2. The third kappa shape index (κ3) is 2.95. The molecule has 0 fully saturated rings. The molecule has 0 spiro atoms. The highest BCUT2D eigenvalue weighted by Gasteiger charge is 2.15. The van der Waals surface area contributed by atoms with Crippen LogP contribution in [-0.4, -0.2) is 16.1 Å². The summed E-state index contributed by atoms with van der Waals surface area (Å²) in [6, 6.07) is 8.96. The molecule has 0 atom stereocenters. The molecule has 6 heteroatoms. The maximum atomic E-state index is 12.3. The van der Waals surface area contributed by atoms with Crippen LogP contribution < -0.4 is 10.9 Å². The molecule has 0 bridgehead atoms. The smallest absolute Gasteiger partial charge is 0.287 e. The minimum Gasteiger partial charge on any atom is -0.456 e. The molecule has 24 heavy (non-hydrogen) atoms. The van der Waals surface area contributed by atoms with Crippen molar-refractivity contribution in [1.82, 2.24) is 15.5 Å². The minimum atomic E-state index is -0.290. The lowest BCUT2D eigenvalue weighted by Crippen LogP contribution is -2.24. The molecule has 0 unspecified atom stereocenters. The Balaban J connectivity index is 1.81. The van der Waals surface area contributed by atoms with E-state index in [1.54, 1.807) is 18.2 Å². The molecule has 3 rings (SSSR count). The lowest BCUT2D eigenvalue weighted by molar-refractivity contribution is 0.0921. The number of H-pyrrole nitrogens is 1.